The Morgan fingerprint density at radius 3 is 2.84 bits per heavy atom. The summed E-state index contributed by atoms with van der Waals surface area (Å²) in [7, 11) is 0. The molecule has 1 amide bonds. The van der Waals surface area contributed by atoms with Gasteiger partial charge < -0.3 is 10.1 Å². The second-order valence-corrected chi connectivity index (χ2v) is 7.67. The Balaban J connectivity index is 1.45. The van der Waals surface area contributed by atoms with Crippen molar-refractivity contribution in [3.63, 3.8) is 0 Å². The number of rotatable bonds is 6. The normalized spacial score (nSPS) is 13.4. The first kappa shape index (κ1) is 21.6. The number of carbonyl (C=O) groups is 1. The summed E-state index contributed by atoms with van der Waals surface area (Å²) in [6.07, 6.45) is 9.77. The van der Waals surface area contributed by atoms with Gasteiger partial charge in [-0.2, -0.15) is 5.10 Å². The summed E-state index contributed by atoms with van der Waals surface area (Å²) < 4.78 is 7.25. The Morgan fingerprint density at radius 1 is 1.09 bits per heavy atom. The average Bonchev–Trinajstić information content (AvgIpc) is 3.24. The molecule has 162 valence electrons. The van der Waals surface area contributed by atoms with Crippen LogP contribution in [0.5, 0.6) is 0 Å². The predicted octanol–water partition coefficient (Wildman–Crippen LogP) is 4.52. The molecule has 2 aromatic carbocycles. The van der Waals surface area contributed by atoms with Crippen LogP contribution in [-0.4, -0.2) is 35.4 Å². The maximum absolute atomic E-state index is 12.8. The van der Waals surface area contributed by atoms with Gasteiger partial charge in [0.1, 0.15) is 0 Å². The highest BCUT2D eigenvalue weighted by atomic mass is 16.5. The van der Waals surface area contributed by atoms with E-state index in [1.807, 2.05) is 60.8 Å². The summed E-state index contributed by atoms with van der Waals surface area (Å²) in [4.78, 5) is 12.8. The van der Waals surface area contributed by atoms with Crippen molar-refractivity contribution in [2.75, 3.05) is 19.8 Å². The molecule has 1 aliphatic heterocycles. The second kappa shape index (κ2) is 11.1. The summed E-state index contributed by atoms with van der Waals surface area (Å²) in [5, 5.41) is 7.36. The molecule has 32 heavy (non-hydrogen) atoms. The van der Waals surface area contributed by atoms with Gasteiger partial charge in [-0.3, -0.25) is 4.79 Å². The molecule has 0 bridgehead atoms. The largest absolute Gasteiger partial charge is 0.381 e. The van der Waals surface area contributed by atoms with Crippen molar-refractivity contribution in [1.82, 2.24) is 15.1 Å². The quantitative estimate of drug-likeness (QED) is 0.359. The van der Waals surface area contributed by atoms with Crippen molar-refractivity contribution in [1.29, 1.82) is 0 Å². The number of aromatic nitrogens is 2. The molecular weight excluding hydrogens is 398 g/mol. The van der Waals surface area contributed by atoms with Crippen LogP contribution in [0.3, 0.4) is 0 Å². The van der Waals surface area contributed by atoms with Crippen molar-refractivity contribution in [3.05, 3.63) is 95.3 Å². The SMILES string of the molecule is O=C(NCCCC1=CCCOCC1)c1ccc(-n2cccn2)c(C#Cc2ccccc2)c1. The molecular formula is C27H27N3O2. The van der Waals surface area contributed by atoms with Gasteiger partial charge >= 0.3 is 0 Å². The van der Waals surface area contributed by atoms with E-state index < -0.39 is 0 Å². The lowest BCUT2D eigenvalue weighted by molar-refractivity contribution is 0.0953. The minimum Gasteiger partial charge on any atom is -0.381 e. The third-order valence-corrected chi connectivity index (χ3v) is 5.35. The Morgan fingerprint density at radius 2 is 2.00 bits per heavy atom. The van der Waals surface area contributed by atoms with Crippen LogP contribution < -0.4 is 5.32 Å². The number of hydrogen-bond donors (Lipinski definition) is 1. The minimum atomic E-state index is -0.0852. The van der Waals surface area contributed by atoms with E-state index in [1.54, 1.807) is 10.9 Å². The zero-order valence-electron chi connectivity index (χ0n) is 18.1. The first-order valence-electron chi connectivity index (χ1n) is 11.0. The molecule has 0 radical (unpaired) electrons. The van der Waals surface area contributed by atoms with Crippen molar-refractivity contribution in [3.8, 4) is 17.5 Å². The lowest BCUT2D eigenvalue weighted by atomic mass is 10.1. The van der Waals surface area contributed by atoms with Crippen LogP contribution in [-0.2, 0) is 4.74 Å². The monoisotopic (exact) mass is 425 g/mol. The Bertz CT molecular complexity index is 1120. The summed E-state index contributed by atoms with van der Waals surface area (Å²) in [5.41, 5.74) is 4.55. The Labute approximate surface area is 189 Å². The smallest absolute Gasteiger partial charge is 0.251 e. The third kappa shape index (κ3) is 5.96. The second-order valence-electron chi connectivity index (χ2n) is 7.67. The number of benzene rings is 2. The van der Waals surface area contributed by atoms with Gasteiger partial charge in [-0.25, -0.2) is 4.68 Å². The fraction of sp³-hybridized carbons (Fsp3) is 0.259. The molecule has 0 atom stereocenters. The van der Waals surface area contributed by atoms with Crippen LogP contribution in [0, 0.1) is 11.8 Å². The molecule has 1 aliphatic rings. The zero-order valence-corrected chi connectivity index (χ0v) is 18.1. The molecule has 0 saturated heterocycles. The number of carbonyl (C=O) groups excluding carboxylic acids is 1. The van der Waals surface area contributed by atoms with Crippen LogP contribution in [0.1, 0.15) is 47.2 Å². The molecule has 4 rings (SSSR count). The van der Waals surface area contributed by atoms with Crippen LogP contribution in [0.2, 0.25) is 0 Å². The first-order chi connectivity index (χ1) is 15.8. The standard InChI is InChI=1S/C27H27N3O2/c31-27(28-16-4-9-23-10-5-19-32-20-15-23)25-13-14-26(30-18-6-17-29-30)24(21-25)12-11-22-7-2-1-3-8-22/h1-3,6-8,10,13-14,17-18,21H,4-5,9,15-16,19-20H2,(H,28,31). The maximum Gasteiger partial charge on any atom is 0.251 e. The molecule has 5 nitrogen and oxygen atoms in total. The summed E-state index contributed by atoms with van der Waals surface area (Å²) >= 11 is 0. The number of ether oxygens (including phenoxy) is 1. The van der Waals surface area contributed by atoms with E-state index in [0.717, 1.165) is 55.7 Å². The van der Waals surface area contributed by atoms with Crippen LogP contribution in [0.4, 0.5) is 0 Å². The van der Waals surface area contributed by atoms with Gasteiger partial charge in [0.05, 0.1) is 24.5 Å². The number of nitrogens with zero attached hydrogens (tertiary/aromatic N) is 2. The van der Waals surface area contributed by atoms with Gasteiger partial charge in [0.15, 0.2) is 0 Å². The van der Waals surface area contributed by atoms with Crippen LogP contribution in [0.25, 0.3) is 5.69 Å². The van der Waals surface area contributed by atoms with Crippen molar-refractivity contribution in [2.24, 2.45) is 0 Å². The van der Waals surface area contributed by atoms with Crippen molar-refractivity contribution in [2.45, 2.75) is 25.7 Å². The van der Waals surface area contributed by atoms with E-state index in [0.29, 0.717) is 12.1 Å². The molecule has 1 N–H and O–H groups in total. The lowest BCUT2D eigenvalue weighted by Gasteiger charge is -2.10. The van der Waals surface area contributed by atoms with E-state index in [2.05, 4.69) is 28.3 Å². The van der Waals surface area contributed by atoms with E-state index in [1.165, 1.54) is 5.57 Å². The first-order valence-corrected chi connectivity index (χ1v) is 11.0. The van der Waals surface area contributed by atoms with Gasteiger partial charge in [-0.05, 0) is 62.1 Å². The minimum absolute atomic E-state index is 0.0852. The topological polar surface area (TPSA) is 56.1 Å². The maximum atomic E-state index is 12.8. The molecule has 0 saturated carbocycles. The van der Waals surface area contributed by atoms with Crippen LogP contribution in [0.15, 0.2) is 78.6 Å². The summed E-state index contributed by atoms with van der Waals surface area (Å²) in [6.45, 7) is 2.25. The predicted molar refractivity (Wildman–Crippen MR) is 126 cm³/mol. The molecule has 3 aromatic rings. The highest BCUT2D eigenvalue weighted by Gasteiger charge is 2.11. The fourth-order valence-corrected chi connectivity index (χ4v) is 3.65. The van der Waals surface area contributed by atoms with Gasteiger partial charge in [0.25, 0.3) is 5.91 Å². The van der Waals surface area contributed by atoms with Gasteiger partial charge in [-0.1, -0.05) is 41.7 Å². The van der Waals surface area contributed by atoms with E-state index >= 15 is 0 Å². The molecule has 5 heteroatoms. The zero-order chi connectivity index (χ0) is 22.0. The molecule has 0 fully saturated rings. The van der Waals surface area contributed by atoms with Gasteiger partial charge in [0.2, 0.25) is 0 Å². The number of amides is 1. The molecule has 0 spiro atoms. The lowest BCUT2D eigenvalue weighted by Crippen LogP contribution is -2.24. The Hall–Kier alpha value is -3.62. The molecule has 0 aliphatic carbocycles. The van der Waals surface area contributed by atoms with Gasteiger partial charge in [-0.15, -0.1) is 0 Å². The average molecular weight is 426 g/mol. The van der Waals surface area contributed by atoms with E-state index in [9.17, 15) is 4.79 Å². The van der Waals surface area contributed by atoms with Crippen LogP contribution >= 0.6 is 0 Å². The Kier molecular flexibility index (Phi) is 7.51. The molecule has 0 unspecified atom stereocenters. The molecule has 1 aromatic heterocycles. The van der Waals surface area contributed by atoms with Crippen molar-refractivity contribution >= 4 is 5.91 Å². The fourth-order valence-electron chi connectivity index (χ4n) is 3.65. The van der Waals surface area contributed by atoms with Gasteiger partial charge in [0, 0.05) is 30.1 Å². The molecule has 2 heterocycles. The van der Waals surface area contributed by atoms with E-state index in [4.69, 9.17) is 4.74 Å². The van der Waals surface area contributed by atoms with Crippen molar-refractivity contribution < 1.29 is 9.53 Å². The third-order valence-electron chi connectivity index (χ3n) is 5.35. The highest BCUT2D eigenvalue weighted by molar-refractivity contribution is 5.95. The number of nitrogens with one attached hydrogen (secondary N) is 1. The number of hydrogen-bond acceptors (Lipinski definition) is 3. The van der Waals surface area contributed by atoms with E-state index in [-0.39, 0.29) is 5.91 Å². The highest BCUT2D eigenvalue weighted by Crippen LogP contribution is 2.17. The summed E-state index contributed by atoms with van der Waals surface area (Å²) in [6, 6.07) is 17.2. The summed E-state index contributed by atoms with van der Waals surface area (Å²) in [5.74, 6) is 6.32.